The van der Waals surface area contributed by atoms with Gasteiger partial charge in [-0.15, -0.1) is 0 Å². The molecule has 0 radical (unpaired) electrons. The maximum atomic E-state index is 14.3. The van der Waals surface area contributed by atoms with Crippen LogP contribution in [0.1, 0.15) is 56.2 Å². The molecular weight excluding hydrogens is 309 g/mol. The van der Waals surface area contributed by atoms with Gasteiger partial charge < -0.3 is 5.11 Å². The summed E-state index contributed by atoms with van der Waals surface area (Å²) in [6.07, 6.45) is 0. The average molecular weight is 326 g/mol. The quantitative estimate of drug-likeness (QED) is 0.891. The molecule has 0 unspecified atom stereocenters. The van der Waals surface area contributed by atoms with Crippen molar-refractivity contribution in [3.8, 4) is 5.75 Å². The van der Waals surface area contributed by atoms with E-state index >= 15 is 0 Å². The van der Waals surface area contributed by atoms with E-state index in [0.29, 0.717) is 0 Å². The molecule has 1 aromatic carbocycles. The normalized spacial score (nSPS) is 13.2. The number of hydrogen-bond donors (Lipinski definition) is 1. The number of benzene rings is 1. The van der Waals surface area contributed by atoms with Crippen molar-refractivity contribution in [3.63, 3.8) is 0 Å². The second kappa shape index (κ2) is 5.84. The predicted molar refractivity (Wildman–Crippen MR) is 71.3 cm³/mol. The maximum absolute atomic E-state index is 14.3. The molecule has 0 bridgehead atoms. The first kappa shape index (κ1) is 17.8. The Kier molecular flexibility index (Phi) is 4.94. The first-order valence-corrected chi connectivity index (χ1v) is 7.66. The van der Waals surface area contributed by atoms with Gasteiger partial charge in [0, 0.05) is 5.56 Å². The van der Waals surface area contributed by atoms with Crippen LogP contribution in [0, 0.1) is 0 Å². The van der Waals surface area contributed by atoms with E-state index in [1.165, 1.54) is 0 Å². The van der Waals surface area contributed by atoms with Gasteiger partial charge in [-0.3, -0.25) is 0 Å². The third kappa shape index (κ3) is 3.16. The Bertz CT molecular complexity index is 595. The van der Waals surface area contributed by atoms with Crippen LogP contribution in [0.25, 0.3) is 0 Å². The fourth-order valence-corrected chi connectivity index (χ4v) is 2.65. The molecule has 8 heteroatoms. The van der Waals surface area contributed by atoms with E-state index in [0.717, 1.165) is 12.1 Å². The summed E-state index contributed by atoms with van der Waals surface area (Å²) in [4.78, 5) is 0. The Morgan fingerprint density at radius 2 is 1.48 bits per heavy atom. The lowest BCUT2D eigenvalue weighted by atomic mass is 9.88. The lowest BCUT2D eigenvalue weighted by Gasteiger charge is -2.25. The van der Waals surface area contributed by atoms with Gasteiger partial charge in [0.05, 0.1) is 0 Å². The highest BCUT2D eigenvalue weighted by Gasteiger charge is 2.52. The molecule has 0 saturated carbocycles. The van der Waals surface area contributed by atoms with Gasteiger partial charge in [0.2, 0.25) is 0 Å². The summed E-state index contributed by atoms with van der Waals surface area (Å²) in [6, 6.07) is 2.10. The molecule has 0 amide bonds. The van der Waals surface area contributed by atoms with Crippen molar-refractivity contribution in [2.75, 3.05) is 0 Å². The van der Waals surface area contributed by atoms with Crippen LogP contribution in [0.5, 0.6) is 5.75 Å². The van der Waals surface area contributed by atoms with Crippen LogP contribution >= 0.6 is 0 Å². The second-order valence-corrected chi connectivity index (χ2v) is 6.89. The van der Waals surface area contributed by atoms with Crippen LogP contribution in [0.2, 0.25) is 0 Å². The van der Waals surface area contributed by atoms with Crippen LogP contribution in [-0.2, 0) is 19.8 Å². The van der Waals surface area contributed by atoms with E-state index in [9.17, 15) is 26.8 Å². The van der Waals surface area contributed by atoms with Gasteiger partial charge in [0.25, 0.3) is 0 Å². The van der Waals surface area contributed by atoms with E-state index < -0.39 is 32.8 Å². The van der Waals surface area contributed by atoms with Crippen molar-refractivity contribution in [1.29, 1.82) is 0 Å². The zero-order chi connectivity index (χ0) is 16.6. The number of rotatable bonds is 5. The SMILES string of the molecule is CC(C)c1cc(O)cc(C(C)C)c1C(F)(F)S(=O)(=O)OF. The van der Waals surface area contributed by atoms with Crippen molar-refractivity contribution < 1.29 is 31.2 Å². The maximum Gasteiger partial charge on any atom is 0.398 e. The molecular formula is C13H17F3O4S. The Balaban J connectivity index is 3.83. The minimum atomic E-state index is -5.76. The van der Waals surface area contributed by atoms with Crippen LogP contribution in [-0.4, -0.2) is 13.5 Å². The van der Waals surface area contributed by atoms with Gasteiger partial charge in [-0.05, 0) is 39.6 Å². The van der Waals surface area contributed by atoms with Gasteiger partial charge >= 0.3 is 15.4 Å². The van der Waals surface area contributed by atoms with Crippen molar-refractivity contribution in [2.45, 2.75) is 44.8 Å². The van der Waals surface area contributed by atoms with E-state index in [2.05, 4.69) is 4.39 Å². The third-order valence-corrected chi connectivity index (χ3v) is 4.11. The van der Waals surface area contributed by atoms with Crippen LogP contribution in [0.4, 0.5) is 13.3 Å². The summed E-state index contributed by atoms with van der Waals surface area (Å²) in [7, 11) is -5.76. The van der Waals surface area contributed by atoms with Crippen LogP contribution in [0.3, 0.4) is 0 Å². The smallest absolute Gasteiger partial charge is 0.398 e. The van der Waals surface area contributed by atoms with E-state index in [1.54, 1.807) is 27.7 Å². The second-order valence-electron chi connectivity index (χ2n) is 5.34. The fraction of sp³-hybridized carbons (Fsp3) is 0.538. The summed E-state index contributed by atoms with van der Waals surface area (Å²) < 4.78 is 65.6. The Morgan fingerprint density at radius 3 is 1.76 bits per heavy atom. The Morgan fingerprint density at radius 1 is 1.10 bits per heavy atom. The summed E-state index contributed by atoms with van der Waals surface area (Å²) in [5, 5.41) is 5.08. The highest BCUT2D eigenvalue weighted by atomic mass is 32.2. The minimum absolute atomic E-state index is 0.0793. The summed E-state index contributed by atoms with van der Waals surface area (Å²) >= 11 is 0. The van der Waals surface area contributed by atoms with Crippen molar-refractivity contribution in [3.05, 3.63) is 28.8 Å². The summed E-state index contributed by atoms with van der Waals surface area (Å²) in [6.45, 7) is 6.23. The number of aromatic hydroxyl groups is 1. The molecule has 1 N–H and O–H groups in total. The summed E-state index contributed by atoms with van der Waals surface area (Å²) in [5.74, 6) is -1.28. The van der Waals surface area contributed by atoms with Crippen LogP contribution < -0.4 is 0 Å². The van der Waals surface area contributed by atoms with Gasteiger partial charge in [-0.25, -0.2) is 0 Å². The zero-order valence-electron chi connectivity index (χ0n) is 12.0. The Labute approximate surface area is 121 Å². The number of alkyl halides is 2. The topological polar surface area (TPSA) is 63.6 Å². The fourth-order valence-electron chi connectivity index (χ4n) is 2.08. The molecule has 0 aliphatic heterocycles. The lowest BCUT2D eigenvalue weighted by molar-refractivity contribution is -0.0294. The molecule has 1 aromatic rings. The third-order valence-electron chi connectivity index (χ3n) is 3.12. The molecule has 0 aliphatic rings. The molecule has 21 heavy (non-hydrogen) atoms. The first-order valence-electron chi connectivity index (χ1n) is 6.25. The van der Waals surface area contributed by atoms with Gasteiger partial charge in [-0.1, -0.05) is 32.1 Å². The molecule has 0 fully saturated rings. The molecule has 0 spiro atoms. The molecule has 120 valence electrons. The number of phenolic OH excluding ortho intramolecular Hbond substituents is 1. The molecule has 1 rings (SSSR count). The van der Waals surface area contributed by atoms with E-state index in [4.69, 9.17) is 0 Å². The molecule has 0 aliphatic carbocycles. The predicted octanol–water partition coefficient (Wildman–Crippen LogP) is 3.92. The summed E-state index contributed by atoms with van der Waals surface area (Å²) in [5.41, 5.74) is -1.00. The molecule has 0 atom stereocenters. The number of hydrogen-bond acceptors (Lipinski definition) is 4. The van der Waals surface area contributed by atoms with Crippen LogP contribution in [0.15, 0.2) is 12.1 Å². The molecule has 0 heterocycles. The highest BCUT2D eigenvalue weighted by Crippen LogP contribution is 2.44. The lowest BCUT2D eigenvalue weighted by Crippen LogP contribution is -2.29. The average Bonchev–Trinajstić information content (AvgIpc) is 2.36. The standard InChI is InChI=1S/C13H17F3O4S/c1-7(2)10-5-9(17)6-11(8(3)4)12(10)13(14,15)21(18,19)20-16/h5-8,17H,1-4H3. The van der Waals surface area contributed by atoms with Gasteiger partial charge in [-0.2, -0.15) is 17.2 Å². The number of halogens is 3. The van der Waals surface area contributed by atoms with Crippen molar-refractivity contribution in [1.82, 2.24) is 0 Å². The monoisotopic (exact) mass is 326 g/mol. The van der Waals surface area contributed by atoms with Gasteiger partial charge in [0.1, 0.15) is 5.75 Å². The van der Waals surface area contributed by atoms with Gasteiger partial charge in [0.15, 0.2) is 0 Å². The Hall–Kier alpha value is -1.28. The van der Waals surface area contributed by atoms with Crippen molar-refractivity contribution >= 4 is 10.1 Å². The zero-order valence-corrected chi connectivity index (χ0v) is 12.8. The van der Waals surface area contributed by atoms with E-state index in [1.807, 2.05) is 0 Å². The number of phenols is 1. The minimum Gasteiger partial charge on any atom is -0.508 e. The van der Waals surface area contributed by atoms with E-state index in [-0.39, 0.29) is 16.9 Å². The van der Waals surface area contributed by atoms with Crippen molar-refractivity contribution in [2.24, 2.45) is 0 Å². The molecule has 0 saturated heterocycles. The first-order chi connectivity index (χ1) is 9.45. The highest BCUT2D eigenvalue weighted by molar-refractivity contribution is 7.87. The molecule has 4 nitrogen and oxygen atoms in total. The largest absolute Gasteiger partial charge is 0.508 e. The molecule has 0 aromatic heterocycles.